The molecule has 1 amide bonds. The van der Waals surface area contributed by atoms with E-state index >= 15 is 0 Å². The predicted molar refractivity (Wildman–Crippen MR) is 110 cm³/mol. The van der Waals surface area contributed by atoms with Crippen LogP contribution in [0.2, 0.25) is 0 Å². The Hall–Kier alpha value is -2.34. The van der Waals surface area contributed by atoms with Gasteiger partial charge in [0.05, 0.1) is 11.9 Å². The standard InChI is InChI=1S/C21H28N2O3S/c1-16-11-13-19(14-12-16)23(27(5,25)26)17(2)20(24)22-21(3,4)15-18-9-7-6-8-10-18/h6-14,17H,15H2,1-5H3,(H,22,24). The number of anilines is 1. The third-order valence-electron chi connectivity index (χ3n) is 4.33. The second kappa shape index (κ2) is 8.13. The summed E-state index contributed by atoms with van der Waals surface area (Å²) in [5.74, 6) is -0.332. The summed E-state index contributed by atoms with van der Waals surface area (Å²) in [5, 5.41) is 2.99. The van der Waals surface area contributed by atoms with Crippen molar-refractivity contribution in [1.29, 1.82) is 0 Å². The minimum Gasteiger partial charge on any atom is -0.349 e. The van der Waals surface area contributed by atoms with Crippen LogP contribution in [-0.2, 0) is 21.2 Å². The first-order valence-corrected chi connectivity index (χ1v) is 10.8. The van der Waals surface area contributed by atoms with Gasteiger partial charge in [-0.05, 0) is 51.8 Å². The number of nitrogens with zero attached hydrogens (tertiary/aromatic N) is 1. The van der Waals surface area contributed by atoms with Crippen molar-refractivity contribution in [3.8, 4) is 0 Å². The molecule has 2 aromatic carbocycles. The van der Waals surface area contributed by atoms with Crippen molar-refractivity contribution in [3.63, 3.8) is 0 Å². The third-order valence-corrected chi connectivity index (χ3v) is 5.57. The van der Waals surface area contributed by atoms with Gasteiger partial charge in [0, 0.05) is 5.54 Å². The maximum atomic E-state index is 12.9. The lowest BCUT2D eigenvalue weighted by atomic mass is 9.94. The van der Waals surface area contributed by atoms with Crippen LogP contribution in [0.1, 0.15) is 31.9 Å². The topological polar surface area (TPSA) is 66.5 Å². The number of hydrogen-bond donors (Lipinski definition) is 1. The van der Waals surface area contributed by atoms with Crippen molar-refractivity contribution in [2.75, 3.05) is 10.6 Å². The summed E-state index contributed by atoms with van der Waals surface area (Å²) in [5.41, 5.74) is 2.09. The summed E-state index contributed by atoms with van der Waals surface area (Å²) >= 11 is 0. The van der Waals surface area contributed by atoms with Crippen molar-refractivity contribution >= 4 is 21.6 Å². The molecule has 0 radical (unpaired) electrons. The molecule has 0 aromatic heterocycles. The SMILES string of the molecule is Cc1ccc(N(C(C)C(=O)NC(C)(C)Cc2ccccc2)S(C)(=O)=O)cc1. The zero-order chi connectivity index (χ0) is 20.2. The Morgan fingerprint density at radius 3 is 2.15 bits per heavy atom. The summed E-state index contributed by atoms with van der Waals surface area (Å²) < 4.78 is 25.9. The van der Waals surface area contributed by atoms with Gasteiger partial charge >= 0.3 is 0 Å². The molecule has 1 unspecified atom stereocenters. The van der Waals surface area contributed by atoms with E-state index in [9.17, 15) is 13.2 Å². The number of sulfonamides is 1. The summed E-state index contributed by atoms with van der Waals surface area (Å²) in [7, 11) is -3.62. The van der Waals surface area contributed by atoms with E-state index in [1.165, 1.54) is 4.31 Å². The Labute approximate surface area is 162 Å². The van der Waals surface area contributed by atoms with Gasteiger partial charge in [-0.15, -0.1) is 0 Å². The van der Waals surface area contributed by atoms with Gasteiger partial charge in [0.2, 0.25) is 15.9 Å². The molecule has 5 nitrogen and oxygen atoms in total. The van der Waals surface area contributed by atoms with Gasteiger partial charge in [0.25, 0.3) is 0 Å². The number of hydrogen-bond acceptors (Lipinski definition) is 3. The van der Waals surface area contributed by atoms with E-state index in [1.807, 2.05) is 63.2 Å². The van der Waals surface area contributed by atoms with E-state index in [2.05, 4.69) is 5.32 Å². The van der Waals surface area contributed by atoms with Crippen LogP contribution in [0.4, 0.5) is 5.69 Å². The highest BCUT2D eigenvalue weighted by Gasteiger charge is 2.32. The average molecular weight is 389 g/mol. The lowest BCUT2D eigenvalue weighted by Gasteiger charge is -2.33. The number of amides is 1. The van der Waals surface area contributed by atoms with Gasteiger partial charge in [-0.3, -0.25) is 9.10 Å². The van der Waals surface area contributed by atoms with Crippen LogP contribution in [0.3, 0.4) is 0 Å². The summed E-state index contributed by atoms with van der Waals surface area (Å²) in [6, 6.07) is 16.1. The average Bonchev–Trinajstić information content (AvgIpc) is 2.55. The van der Waals surface area contributed by atoms with Crippen LogP contribution < -0.4 is 9.62 Å². The fourth-order valence-electron chi connectivity index (χ4n) is 3.09. The van der Waals surface area contributed by atoms with Gasteiger partial charge in [0.1, 0.15) is 6.04 Å². The molecule has 2 rings (SSSR count). The Balaban J connectivity index is 2.20. The Bertz CT molecular complexity index is 875. The van der Waals surface area contributed by atoms with Crippen molar-refractivity contribution in [2.45, 2.75) is 45.7 Å². The zero-order valence-electron chi connectivity index (χ0n) is 16.6. The molecule has 0 aliphatic heterocycles. The van der Waals surface area contributed by atoms with Gasteiger partial charge in [-0.1, -0.05) is 48.0 Å². The van der Waals surface area contributed by atoms with Crippen LogP contribution in [0.5, 0.6) is 0 Å². The molecule has 0 spiro atoms. The second-order valence-electron chi connectivity index (χ2n) is 7.61. The van der Waals surface area contributed by atoms with Crippen molar-refractivity contribution < 1.29 is 13.2 Å². The van der Waals surface area contributed by atoms with E-state index in [-0.39, 0.29) is 5.91 Å². The van der Waals surface area contributed by atoms with Gasteiger partial charge in [-0.25, -0.2) is 8.42 Å². The highest BCUT2D eigenvalue weighted by atomic mass is 32.2. The maximum absolute atomic E-state index is 12.9. The minimum atomic E-state index is -3.62. The maximum Gasteiger partial charge on any atom is 0.244 e. The van der Waals surface area contributed by atoms with Crippen LogP contribution in [-0.4, -0.2) is 32.2 Å². The normalized spacial score (nSPS) is 13.1. The van der Waals surface area contributed by atoms with Gasteiger partial charge < -0.3 is 5.32 Å². The first-order valence-electron chi connectivity index (χ1n) is 8.92. The first-order chi connectivity index (χ1) is 12.5. The Morgan fingerprint density at radius 2 is 1.63 bits per heavy atom. The fraction of sp³-hybridized carbons (Fsp3) is 0.381. The summed E-state index contributed by atoms with van der Waals surface area (Å²) in [4.78, 5) is 12.9. The Morgan fingerprint density at radius 1 is 1.07 bits per heavy atom. The van der Waals surface area contributed by atoms with E-state index in [4.69, 9.17) is 0 Å². The quantitative estimate of drug-likeness (QED) is 0.791. The fourth-order valence-corrected chi connectivity index (χ4v) is 4.26. The van der Waals surface area contributed by atoms with Crippen molar-refractivity contribution in [1.82, 2.24) is 5.32 Å². The van der Waals surface area contributed by atoms with Crippen molar-refractivity contribution in [3.05, 3.63) is 65.7 Å². The molecule has 0 saturated heterocycles. The molecule has 6 heteroatoms. The molecule has 1 atom stereocenters. The molecule has 2 aromatic rings. The molecule has 0 aliphatic carbocycles. The molecule has 0 heterocycles. The highest BCUT2D eigenvalue weighted by Crippen LogP contribution is 2.22. The smallest absolute Gasteiger partial charge is 0.244 e. The summed E-state index contributed by atoms with van der Waals surface area (Å²) in [6.07, 6.45) is 1.77. The highest BCUT2D eigenvalue weighted by molar-refractivity contribution is 7.92. The molecule has 27 heavy (non-hydrogen) atoms. The Kier molecular flexibility index (Phi) is 6.31. The molecular weight excluding hydrogens is 360 g/mol. The van der Waals surface area contributed by atoms with Crippen LogP contribution in [0, 0.1) is 6.92 Å². The predicted octanol–water partition coefficient (Wildman–Crippen LogP) is 3.29. The van der Waals surface area contributed by atoms with Crippen LogP contribution in [0.25, 0.3) is 0 Å². The van der Waals surface area contributed by atoms with Crippen LogP contribution in [0.15, 0.2) is 54.6 Å². The van der Waals surface area contributed by atoms with E-state index in [0.717, 1.165) is 17.4 Å². The van der Waals surface area contributed by atoms with Gasteiger partial charge in [0.15, 0.2) is 0 Å². The van der Waals surface area contributed by atoms with Crippen molar-refractivity contribution in [2.24, 2.45) is 0 Å². The number of carbonyl (C=O) groups is 1. The number of aryl methyl sites for hydroxylation is 1. The van der Waals surface area contributed by atoms with E-state index in [0.29, 0.717) is 12.1 Å². The van der Waals surface area contributed by atoms with Gasteiger partial charge in [-0.2, -0.15) is 0 Å². The molecule has 1 N–H and O–H groups in total. The van der Waals surface area contributed by atoms with E-state index in [1.54, 1.807) is 19.1 Å². The lowest BCUT2D eigenvalue weighted by Crippen LogP contribution is -2.54. The number of benzene rings is 2. The summed E-state index contributed by atoms with van der Waals surface area (Å²) in [6.45, 7) is 7.40. The molecule has 0 aliphatic rings. The monoisotopic (exact) mass is 388 g/mol. The van der Waals surface area contributed by atoms with E-state index < -0.39 is 21.6 Å². The molecule has 0 fully saturated rings. The number of rotatable bonds is 7. The molecule has 146 valence electrons. The number of nitrogens with one attached hydrogen (secondary N) is 1. The van der Waals surface area contributed by atoms with Crippen LogP contribution >= 0.6 is 0 Å². The molecule has 0 bridgehead atoms. The number of carbonyl (C=O) groups excluding carboxylic acids is 1. The lowest BCUT2D eigenvalue weighted by molar-refractivity contribution is -0.123. The zero-order valence-corrected chi connectivity index (χ0v) is 17.4. The molecule has 0 saturated carbocycles. The molecular formula is C21H28N2O3S. The second-order valence-corrected chi connectivity index (χ2v) is 9.47. The largest absolute Gasteiger partial charge is 0.349 e. The first kappa shape index (κ1) is 21.0. The third kappa shape index (κ3) is 5.82. The minimum absolute atomic E-state index is 0.332.